The summed E-state index contributed by atoms with van der Waals surface area (Å²) in [6, 6.07) is 14.1. The number of aryl methyl sites for hydroxylation is 1. The summed E-state index contributed by atoms with van der Waals surface area (Å²) in [7, 11) is 0. The minimum atomic E-state index is 0.0224. The quantitative estimate of drug-likeness (QED) is 0.876. The van der Waals surface area contributed by atoms with Gasteiger partial charge in [0.05, 0.1) is 4.47 Å². The second kappa shape index (κ2) is 6.22. The molecule has 0 aromatic heterocycles. The van der Waals surface area contributed by atoms with Gasteiger partial charge >= 0.3 is 0 Å². The molecular weight excluding hydrogens is 302 g/mol. The first kappa shape index (κ1) is 14.1. The second-order valence-corrected chi connectivity index (χ2v) is 5.43. The Morgan fingerprint density at radius 2 is 1.84 bits per heavy atom. The van der Waals surface area contributed by atoms with Crippen molar-refractivity contribution in [1.29, 1.82) is 0 Å². The maximum absolute atomic E-state index is 5.86. The van der Waals surface area contributed by atoms with Gasteiger partial charge in [-0.1, -0.05) is 25.1 Å². The van der Waals surface area contributed by atoms with Crippen LogP contribution in [0.2, 0.25) is 0 Å². The third kappa shape index (κ3) is 3.58. The molecule has 0 saturated heterocycles. The highest BCUT2D eigenvalue weighted by Gasteiger charge is 2.06. The SMILES string of the molecule is CCc1ccc(Oc2ccc([C@@H](C)N)cc2Br)cc1. The Kier molecular flexibility index (Phi) is 4.61. The molecule has 0 heterocycles. The minimum Gasteiger partial charge on any atom is -0.456 e. The molecule has 2 rings (SSSR count). The molecule has 0 spiro atoms. The van der Waals surface area contributed by atoms with Gasteiger partial charge in [-0.05, 0) is 64.7 Å². The normalized spacial score (nSPS) is 12.2. The molecule has 3 heteroatoms. The number of hydrogen-bond donors (Lipinski definition) is 1. The third-order valence-corrected chi connectivity index (χ3v) is 3.66. The van der Waals surface area contributed by atoms with E-state index in [1.54, 1.807) is 0 Å². The van der Waals surface area contributed by atoms with E-state index < -0.39 is 0 Å². The molecular formula is C16H18BrNO. The van der Waals surface area contributed by atoms with Gasteiger partial charge in [0, 0.05) is 6.04 Å². The van der Waals surface area contributed by atoms with Gasteiger partial charge in [0.15, 0.2) is 0 Å². The molecule has 0 radical (unpaired) electrons. The van der Waals surface area contributed by atoms with Gasteiger partial charge in [-0.3, -0.25) is 0 Å². The van der Waals surface area contributed by atoms with Crippen molar-refractivity contribution in [2.24, 2.45) is 5.73 Å². The van der Waals surface area contributed by atoms with E-state index >= 15 is 0 Å². The lowest BCUT2D eigenvalue weighted by atomic mass is 10.1. The fraction of sp³-hybridized carbons (Fsp3) is 0.250. The van der Waals surface area contributed by atoms with Gasteiger partial charge < -0.3 is 10.5 Å². The van der Waals surface area contributed by atoms with Crippen LogP contribution in [0.3, 0.4) is 0 Å². The highest BCUT2D eigenvalue weighted by Crippen LogP contribution is 2.31. The summed E-state index contributed by atoms with van der Waals surface area (Å²) in [6.07, 6.45) is 1.03. The van der Waals surface area contributed by atoms with Crippen molar-refractivity contribution in [1.82, 2.24) is 0 Å². The smallest absolute Gasteiger partial charge is 0.141 e. The summed E-state index contributed by atoms with van der Waals surface area (Å²) in [5.41, 5.74) is 8.24. The van der Waals surface area contributed by atoms with Gasteiger partial charge in [-0.15, -0.1) is 0 Å². The van der Waals surface area contributed by atoms with Crippen LogP contribution in [-0.2, 0) is 6.42 Å². The summed E-state index contributed by atoms with van der Waals surface area (Å²) in [5.74, 6) is 1.64. The molecule has 2 nitrogen and oxygen atoms in total. The molecule has 0 saturated carbocycles. The predicted octanol–water partition coefficient (Wildman–Crippen LogP) is 4.82. The number of halogens is 1. The average Bonchev–Trinajstić information content (AvgIpc) is 2.41. The van der Waals surface area contributed by atoms with Crippen molar-refractivity contribution in [2.75, 3.05) is 0 Å². The zero-order chi connectivity index (χ0) is 13.8. The maximum atomic E-state index is 5.86. The Balaban J connectivity index is 2.18. The molecule has 1 atom stereocenters. The van der Waals surface area contributed by atoms with Crippen LogP contribution in [0.15, 0.2) is 46.9 Å². The molecule has 0 amide bonds. The second-order valence-electron chi connectivity index (χ2n) is 4.58. The molecule has 0 fully saturated rings. The molecule has 2 aromatic rings. The molecule has 2 N–H and O–H groups in total. The van der Waals surface area contributed by atoms with Crippen molar-refractivity contribution in [3.05, 3.63) is 58.1 Å². The van der Waals surface area contributed by atoms with Crippen LogP contribution < -0.4 is 10.5 Å². The molecule has 0 aliphatic carbocycles. The Morgan fingerprint density at radius 3 is 2.37 bits per heavy atom. The average molecular weight is 320 g/mol. The summed E-state index contributed by atoms with van der Waals surface area (Å²) in [4.78, 5) is 0. The minimum absolute atomic E-state index is 0.0224. The van der Waals surface area contributed by atoms with E-state index in [-0.39, 0.29) is 6.04 Å². The molecule has 100 valence electrons. The molecule has 19 heavy (non-hydrogen) atoms. The van der Waals surface area contributed by atoms with E-state index in [1.165, 1.54) is 5.56 Å². The van der Waals surface area contributed by atoms with E-state index in [1.807, 2.05) is 37.3 Å². The van der Waals surface area contributed by atoms with E-state index in [0.29, 0.717) is 0 Å². The zero-order valence-corrected chi connectivity index (χ0v) is 12.8. The van der Waals surface area contributed by atoms with Crippen molar-refractivity contribution in [3.63, 3.8) is 0 Å². The molecule has 0 aliphatic heterocycles. The van der Waals surface area contributed by atoms with E-state index in [9.17, 15) is 0 Å². The Labute approximate surface area is 122 Å². The van der Waals surface area contributed by atoms with Gasteiger partial charge in [-0.25, -0.2) is 0 Å². The summed E-state index contributed by atoms with van der Waals surface area (Å²) in [5, 5.41) is 0. The molecule has 0 bridgehead atoms. The Morgan fingerprint density at radius 1 is 1.16 bits per heavy atom. The lowest BCUT2D eigenvalue weighted by molar-refractivity contribution is 0.479. The van der Waals surface area contributed by atoms with Crippen LogP contribution in [0.25, 0.3) is 0 Å². The lowest BCUT2D eigenvalue weighted by Gasteiger charge is -2.11. The molecule has 0 unspecified atom stereocenters. The van der Waals surface area contributed by atoms with E-state index in [0.717, 1.165) is 28.0 Å². The first-order valence-corrected chi connectivity index (χ1v) is 7.21. The van der Waals surface area contributed by atoms with Crippen LogP contribution in [0, 0.1) is 0 Å². The van der Waals surface area contributed by atoms with Crippen molar-refractivity contribution in [3.8, 4) is 11.5 Å². The predicted molar refractivity (Wildman–Crippen MR) is 82.6 cm³/mol. The van der Waals surface area contributed by atoms with Crippen LogP contribution in [0.5, 0.6) is 11.5 Å². The zero-order valence-electron chi connectivity index (χ0n) is 11.2. The third-order valence-electron chi connectivity index (χ3n) is 3.04. The first-order chi connectivity index (χ1) is 9.10. The van der Waals surface area contributed by atoms with Crippen molar-refractivity contribution in [2.45, 2.75) is 26.3 Å². The van der Waals surface area contributed by atoms with Crippen LogP contribution in [-0.4, -0.2) is 0 Å². The molecule has 0 aliphatic rings. The Bertz CT molecular complexity index is 549. The Hall–Kier alpha value is -1.32. The monoisotopic (exact) mass is 319 g/mol. The number of benzene rings is 2. The van der Waals surface area contributed by atoms with Crippen LogP contribution in [0.1, 0.15) is 31.0 Å². The standard InChI is InChI=1S/C16H18BrNO/c1-3-12-4-7-14(8-5-12)19-16-9-6-13(11(2)18)10-15(16)17/h4-11H,3,18H2,1-2H3/t11-/m1/s1. The van der Waals surface area contributed by atoms with Crippen LogP contribution in [0.4, 0.5) is 0 Å². The van der Waals surface area contributed by atoms with Gasteiger partial charge in [0.25, 0.3) is 0 Å². The van der Waals surface area contributed by atoms with Crippen LogP contribution >= 0.6 is 15.9 Å². The molecule has 2 aromatic carbocycles. The topological polar surface area (TPSA) is 35.2 Å². The number of rotatable bonds is 4. The number of nitrogens with two attached hydrogens (primary N) is 1. The number of ether oxygens (including phenoxy) is 1. The maximum Gasteiger partial charge on any atom is 0.141 e. The van der Waals surface area contributed by atoms with Gasteiger partial charge in [-0.2, -0.15) is 0 Å². The van der Waals surface area contributed by atoms with E-state index in [4.69, 9.17) is 10.5 Å². The summed E-state index contributed by atoms with van der Waals surface area (Å²) < 4.78 is 6.77. The summed E-state index contributed by atoms with van der Waals surface area (Å²) in [6.45, 7) is 4.10. The highest BCUT2D eigenvalue weighted by molar-refractivity contribution is 9.10. The van der Waals surface area contributed by atoms with Gasteiger partial charge in [0.1, 0.15) is 11.5 Å². The van der Waals surface area contributed by atoms with E-state index in [2.05, 4.69) is 35.0 Å². The van der Waals surface area contributed by atoms with Gasteiger partial charge in [0.2, 0.25) is 0 Å². The highest BCUT2D eigenvalue weighted by atomic mass is 79.9. The summed E-state index contributed by atoms with van der Waals surface area (Å²) >= 11 is 3.52. The van der Waals surface area contributed by atoms with Crippen molar-refractivity contribution >= 4 is 15.9 Å². The number of hydrogen-bond acceptors (Lipinski definition) is 2. The fourth-order valence-electron chi connectivity index (χ4n) is 1.80. The largest absolute Gasteiger partial charge is 0.456 e. The van der Waals surface area contributed by atoms with Crippen molar-refractivity contribution < 1.29 is 4.74 Å². The lowest BCUT2D eigenvalue weighted by Crippen LogP contribution is -2.04. The first-order valence-electron chi connectivity index (χ1n) is 6.42. The fourth-order valence-corrected chi connectivity index (χ4v) is 2.28.